The van der Waals surface area contributed by atoms with Crippen LogP contribution in [0.15, 0.2) is 24.5 Å². The van der Waals surface area contributed by atoms with Crippen LogP contribution >= 0.6 is 11.6 Å². The summed E-state index contributed by atoms with van der Waals surface area (Å²) in [5.74, 6) is -2.05. The second kappa shape index (κ2) is 4.17. The molecule has 0 aliphatic rings. The van der Waals surface area contributed by atoms with Gasteiger partial charge >= 0.3 is 0 Å². The smallest absolute Gasteiger partial charge is 0.168 e. The first kappa shape index (κ1) is 11.9. The minimum Gasteiger partial charge on any atom is -0.381 e. The van der Waals surface area contributed by atoms with Crippen LogP contribution in [0.5, 0.6) is 0 Å². The number of nitrogens with one attached hydrogen (secondary N) is 1. The van der Waals surface area contributed by atoms with Gasteiger partial charge in [-0.25, -0.2) is 18.7 Å². The van der Waals surface area contributed by atoms with Gasteiger partial charge < -0.3 is 10.7 Å². The molecule has 3 N–H and O–H groups in total. The quantitative estimate of drug-likeness (QED) is 0.719. The van der Waals surface area contributed by atoms with Gasteiger partial charge in [-0.3, -0.25) is 0 Å². The van der Waals surface area contributed by atoms with Gasteiger partial charge in [-0.2, -0.15) is 0 Å². The molecule has 0 unspecified atom stereocenters. The van der Waals surface area contributed by atoms with Gasteiger partial charge in [0.25, 0.3) is 0 Å². The maximum absolute atomic E-state index is 13.8. The van der Waals surface area contributed by atoms with E-state index in [9.17, 15) is 8.78 Å². The maximum Gasteiger partial charge on any atom is 0.168 e. The molecule has 3 heterocycles. The third-order valence-electron chi connectivity index (χ3n) is 2.71. The zero-order chi connectivity index (χ0) is 13.6. The Morgan fingerprint density at radius 2 is 2.00 bits per heavy atom. The molecule has 3 aromatic heterocycles. The topological polar surface area (TPSA) is 67.6 Å². The summed E-state index contributed by atoms with van der Waals surface area (Å²) in [6.45, 7) is 0. The third kappa shape index (κ3) is 1.90. The van der Waals surface area contributed by atoms with E-state index < -0.39 is 11.6 Å². The van der Waals surface area contributed by atoms with Gasteiger partial charge in [0.05, 0.1) is 5.02 Å². The van der Waals surface area contributed by atoms with Crippen LogP contribution in [0, 0.1) is 11.6 Å². The van der Waals surface area contributed by atoms with Crippen molar-refractivity contribution < 1.29 is 8.78 Å². The van der Waals surface area contributed by atoms with Crippen LogP contribution in [-0.4, -0.2) is 15.0 Å². The third-order valence-corrected chi connectivity index (χ3v) is 2.92. The number of rotatable bonds is 1. The predicted octanol–water partition coefficient (Wildman–Crippen LogP) is 3.14. The second-order valence-corrected chi connectivity index (χ2v) is 4.37. The van der Waals surface area contributed by atoms with Crippen molar-refractivity contribution >= 4 is 28.5 Å². The molecule has 0 radical (unpaired) electrons. The summed E-state index contributed by atoms with van der Waals surface area (Å²) in [5.41, 5.74) is 6.27. The summed E-state index contributed by atoms with van der Waals surface area (Å²) < 4.78 is 26.9. The van der Waals surface area contributed by atoms with E-state index in [2.05, 4.69) is 15.0 Å². The molecule has 3 rings (SSSR count). The average molecular weight is 281 g/mol. The highest BCUT2D eigenvalue weighted by Crippen LogP contribution is 2.30. The van der Waals surface area contributed by atoms with Crippen LogP contribution in [0.4, 0.5) is 14.6 Å². The highest BCUT2D eigenvalue weighted by molar-refractivity contribution is 6.31. The number of hydrogen-bond donors (Lipinski definition) is 2. The average Bonchev–Trinajstić information content (AvgIpc) is 2.76. The molecule has 0 aromatic carbocycles. The lowest BCUT2D eigenvalue weighted by molar-refractivity contribution is 0.580. The molecule has 7 heteroatoms. The number of aromatic nitrogens is 3. The van der Waals surface area contributed by atoms with Crippen molar-refractivity contribution in [3.63, 3.8) is 0 Å². The zero-order valence-corrected chi connectivity index (χ0v) is 10.2. The standard InChI is InChI=1S/C12H7ClF2N4/c13-5-1-6-7(4-18-12(6)17-3-5)10-8(14)2-9(15)11(16)19-10/h1-4H,(H2,16,19)(H,17,18). The molecular formula is C12H7ClF2N4. The first-order chi connectivity index (χ1) is 9.06. The van der Waals surface area contributed by atoms with E-state index in [0.717, 1.165) is 0 Å². The fraction of sp³-hybridized carbons (Fsp3) is 0. The Kier molecular flexibility index (Phi) is 2.60. The number of nitrogens with two attached hydrogens (primary N) is 1. The Bertz CT molecular complexity index is 785. The van der Waals surface area contributed by atoms with Gasteiger partial charge in [0, 0.05) is 29.4 Å². The lowest BCUT2D eigenvalue weighted by Crippen LogP contribution is -1.99. The molecule has 0 atom stereocenters. The van der Waals surface area contributed by atoms with Crippen LogP contribution in [0.3, 0.4) is 0 Å². The summed E-state index contributed by atoms with van der Waals surface area (Å²) in [7, 11) is 0. The van der Waals surface area contributed by atoms with E-state index in [1.54, 1.807) is 6.07 Å². The van der Waals surface area contributed by atoms with Crippen molar-refractivity contribution in [2.45, 2.75) is 0 Å². The number of anilines is 1. The number of halogens is 3. The Labute approximate surface area is 111 Å². The van der Waals surface area contributed by atoms with Crippen molar-refractivity contribution in [1.82, 2.24) is 15.0 Å². The highest BCUT2D eigenvalue weighted by atomic mass is 35.5. The number of H-pyrrole nitrogens is 1. The number of hydrogen-bond acceptors (Lipinski definition) is 3. The van der Waals surface area contributed by atoms with E-state index in [1.807, 2.05) is 0 Å². The fourth-order valence-corrected chi connectivity index (χ4v) is 2.00. The number of aromatic amines is 1. The second-order valence-electron chi connectivity index (χ2n) is 3.94. The van der Waals surface area contributed by atoms with Crippen molar-refractivity contribution in [1.29, 1.82) is 0 Å². The van der Waals surface area contributed by atoms with Gasteiger partial charge in [-0.05, 0) is 6.07 Å². The summed E-state index contributed by atoms with van der Waals surface area (Å²) in [6.07, 6.45) is 2.99. The van der Waals surface area contributed by atoms with E-state index in [-0.39, 0.29) is 11.5 Å². The molecule has 3 aromatic rings. The van der Waals surface area contributed by atoms with Gasteiger partial charge in [0.2, 0.25) is 0 Å². The molecule has 0 aliphatic carbocycles. The monoisotopic (exact) mass is 280 g/mol. The number of nitrogen functional groups attached to an aromatic ring is 1. The normalized spacial score (nSPS) is 11.1. The first-order valence-corrected chi connectivity index (χ1v) is 5.68. The molecule has 0 saturated carbocycles. The molecule has 96 valence electrons. The molecule has 0 bridgehead atoms. The minimum atomic E-state index is -0.891. The zero-order valence-electron chi connectivity index (χ0n) is 9.42. The largest absolute Gasteiger partial charge is 0.381 e. The molecule has 19 heavy (non-hydrogen) atoms. The van der Waals surface area contributed by atoms with Crippen LogP contribution in [0.1, 0.15) is 0 Å². The van der Waals surface area contributed by atoms with E-state index in [4.69, 9.17) is 17.3 Å². The number of fused-ring (bicyclic) bond motifs is 1. The van der Waals surface area contributed by atoms with Gasteiger partial charge in [-0.15, -0.1) is 0 Å². The fourth-order valence-electron chi connectivity index (χ4n) is 1.84. The summed E-state index contributed by atoms with van der Waals surface area (Å²) >= 11 is 5.86. The van der Waals surface area contributed by atoms with Crippen LogP contribution in [0.2, 0.25) is 5.02 Å². The predicted molar refractivity (Wildman–Crippen MR) is 68.7 cm³/mol. The molecule has 4 nitrogen and oxygen atoms in total. The van der Waals surface area contributed by atoms with Crippen molar-refractivity contribution in [2.75, 3.05) is 5.73 Å². The Balaban J connectivity index is 2.30. The summed E-state index contributed by atoms with van der Waals surface area (Å²) in [4.78, 5) is 10.6. The van der Waals surface area contributed by atoms with Crippen molar-refractivity contribution in [2.24, 2.45) is 0 Å². The highest BCUT2D eigenvalue weighted by Gasteiger charge is 2.16. The van der Waals surface area contributed by atoms with Crippen LogP contribution < -0.4 is 5.73 Å². The van der Waals surface area contributed by atoms with E-state index in [1.165, 1.54) is 12.4 Å². The van der Waals surface area contributed by atoms with Crippen molar-refractivity contribution in [3.8, 4) is 11.3 Å². The Hall–Kier alpha value is -2.21. The van der Waals surface area contributed by atoms with Gasteiger partial charge in [-0.1, -0.05) is 11.6 Å². The molecule has 0 saturated heterocycles. The molecule has 0 amide bonds. The Morgan fingerprint density at radius 1 is 1.21 bits per heavy atom. The van der Waals surface area contributed by atoms with Crippen LogP contribution in [0.25, 0.3) is 22.3 Å². The lowest BCUT2D eigenvalue weighted by atomic mass is 10.1. The molecule has 0 spiro atoms. The molecule has 0 fully saturated rings. The van der Waals surface area contributed by atoms with E-state index in [0.29, 0.717) is 27.7 Å². The minimum absolute atomic E-state index is 0.0470. The molecule has 0 aliphatic heterocycles. The first-order valence-electron chi connectivity index (χ1n) is 5.31. The summed E-state index contributed by atoms with van der Waals surface area (Å²) in [5, 5.41) is 0.994. The van der Waals surface area contributed by atoms with Gasteiger partial charge in [0.1, 0.15) is 11.3 Å². The summed E-state index contributed by atoms with van der Waals surface area (Å²) in [6, 6.07) is 2.32. The van der Waals surface area contributed by atoms with Crippen molar-refractivity contribution in [3.05, 3.63) is 41.2 Å². The molecular weight excluding hydrogens is 274 g/mol. The SMILES string of the molecule is Nc1nc(-c2c[nH]c3ncc(Cl)cc23)c(F)cc1F. The van der Waals surface area contributed by atoms with E-state index >= 15 is 0 Å². The lowest BCUT2D eigenvalue weighted by Gasteiger charge is -2.03. The Morgan fingerprint density at radius 3 is 2.79 bits per heavy atom. The van der Waals surface area contributed by atoms with Crippen LogP contribution in [-0.2, 0) is 0 Å². The van der Waals surface area contributed by atoms with Gasteiger partial charge in [0.15, 0.2) is 17.5 Å². The number of nitrogens with zero attached hydrogens (tertiary/aromatic N) is 2. The number of pyridine rings is 2. The maximum atomic E-state index is 13.8.